The third-order valence-corrected chi connectivity index (χ3v) is 15.5. The Kier molecular flexibility index (Phi) is 15.5. The highest BCUT2D eigenvalue weighted by Gasteiger charge is 2.42. The molecule has 0 saturated carbocycles. The van der Waals surface area contributed by atoms with Gasteiger partial charge in [0.05, 0.1) is 28.7 Å². The Morgan fingerprint density at radius 1 is 0.676 bits per heavy atom. The van der Waals surface area contributed by atoms with Gasteiger partial charge >= 0.3 is 12.3 Å². The smallest absolute Gasteiger partial charge is 0.416 e. The number of likely N-dealkylation sites (tertiary alicyclic amines) is 2. The molecule has 4 aliphatic rings. The van der Waals surface area contributed by atoms with Gasteiger partial charge in [0, 0.05) is 109 Å². The molecule has 71 heavy (non-hydrogen) atoms. The molecule has 8 heterocycles. The van der Waals surface area contributed by atoms with Crippen molar-refractivity contribution in [2.75, 3.05) is 75.2 Å². The molecule has 4 fully saturated rings. The van der Waals surface area contributed by atoms with Crippen LogP contribution < -0.4 is 9.80 Å². The minimum atomic E-state index is -4.46. The van der Waals surface area contributed by atoms with Crippen LogP contribution in [0, 0.1) is 6.92 Å². The van der Waals surface area contributed by atoms with Gasteiger partial charge in [0.1, 0.15) is 15.4 Å². The summed E-state index contributed by atoms with van der Waals surface area (Å²) < 4.78 is 45.7. The van der Waals surface area contributed by atoms with E-state index in [0.717, 1.165) is 45.7 Å². The Labute approximate surface area is 428 Å². The van der Waals surface area contributed by atoms with Crippen LogP contribution in [0.15, 0.2) is 73.3 Å². The maximum absolute atomic E-state index is 13.0. The molecule has 0 N–H and O–H groups in total. The molecule has 6 aromatic rings. The molecule has 0 atom stereocenters. The number of carbonyl (C=O) groups excluding carboxylic acids is 5. The van der Waals surface area contributed by atoms with Crippen LogP contribution in [0.4, 0.5) is 29.9 Å². The Morgan fingerprint density at radius 3 is 1.62 bits per heavy atom. The molecular weight excluding hydrogens is 1030 g/mol. The summed E-state index contributed by atoms with van der Waals surface area (Å²) in [6.07, 6.45) is 1.68. The molecule has 0 unspecified atom stereocenters. The van der Waals surface area contributed by atoms with Crippen LogP contribution in [0.1, 0.15) is 51.2 Å². The average Bonchev–Trinajstić information content (AvgIpc) is 3.80. The van der Waals surface area contributed by atoms with Crippen molar-refractivity contribution in [3.63, 3.8) is 0 Å². The summed E-state index contributed by atoms with van der Waals surface area (Å²) >= 11 is 20.0. The maximum Gasteiger partial charge on any atom is 0.416 e. The van der Waals surface area contributed by atoms with Gasteiger partial charge < -0.3 is 14.5 Å². The SMILES string of the molecule is CC(C)(C)OC(=O)N1CC(N2CCN(c3ncccn3)C(=O)C2)C1.Cc1ccc2c(Cl)c(C(=O)Cl)sc2c1.O=C(c1sc2cc(C(F)(F)F)ccc2c1Cl)N1CC(N2CCN(c3ncccn3)C(=O)C2)C1. The molecule has 4 amide bonds. The number of anilines is 2. The van der Waals surface area contributed by atoms with E-state index in [2.05, 4.69) is 24.8 Å². The summed E-state index contributed by atoms with van der Waals surface area (Å²) in [7, 11) is 0. The van der Waals surface area contributed by atoms with E-state index in [1.165, 1.54) is 17.4 Å². The Bertz CT molecular complexity index is 2970. The number of halogens is 6. The lowest BCUT2D eigenvalue weighted by molar-refractivity contribution is -0.137. The number of carbonyl (C=O) groups is 5. The molecule has 0 spiro atoms. The Balaban J connectivity index is 0.000000155. The number of aromatic nitrogens is 4. The second-order valence-electron chi connectivity index (χ2n) is 18.0. The fraction of sp³-hybridized carbons (Fsp3) is 0.383. The van der Waals surface area contributed by atoms with Crippen LogP contribution in [0.3, 0.4) is 0 Å². The number of thiophene rings is 2. The predicted octanol–water partition coefficient (Wildman–Crippen LogP) is 8.52. The van der Waals surface area contributed by atoms with Crippen molar-refractivity contribution in [3.8, 4) is 0 Å². The predicted molar refractivity (Wildman–Crippen MR) is 267 cm³/mol. The molecule has 2 aromatic carbocycles. The first-order valence-corrected chi connectivity index (χ1v) is 25.0. The quantitative estimate of drug-likeness (QED) is 0.146. The van der Waals surface area contributed by atoms with Crippen molar-refractivity contribution < 1.29 is 41.9 Å². The number of amides is 4. The van der Waals surface area contributed by atoms with Gasteiger partial charge in [0.15, 0.2) is 0 Å². The van der Waals surface area contributed by atoms with E-state index in [0.29, 0.717) is 84.2 Å². The average molecular weight is 1070 g/mol. The van der Waals surface area contributed by atoms with Gasteiger partial charge in [-0.25, -0.2) is 24.7 Å². The number of piperazine rings is 2. The van der Waals surface area contributed by atoms with Crippen molar-refractivity contribution in [1.82, 2.24) is 39.5 Å². The summed E-state index contributed by atoms with van der Waals surface area (Å²) in [6.45, 7) is 12.5. The number of fused-ring (bicyclic) bond motifs is 2. The number of nitrogens with zero attached hydrogens (tertiary/aromatic N) is 10. The number of rotatable bonds is 6. The zero-order chi connectivity index (χ0) is 50.9. The molecule has 4 aromatic heterocycles. The second kappa shape index (κ2) is 21.3. The van der Waals surface area contributed by atoms with Gasteiger partial charge in [-0.15, -0.1) is 22.7 Å². The molecule has 4 saturated heterocycles. The molecule has 0 bridgehead atoms. The number of hydrogen-bond donors (Lipinski definition) is 0. The van der Waals surface area contributed by atoms with Gasteiger partial charge in [-0.1, -0.05) is 41.4 Å². The molecule has 374 valence electrons. The maximum atomic E-state index is 13.0. The van der Waals surface area contributed by atoms with Gasteiger partial charge in [0.2, 0.25) is 23.7 Å². The zero-order valence-electron chi connectivity index (χ0n) is 38.7. The number of ether oxygens (including phenoxy) is 1. The summed E-state index contributed by atoms with van der Waals surface area (Å²) in [4.78, 5) is 88.6. The number of benzene rings is 2. The van der Waals surface area contributed by atoms with E-state index in [9.17, 15) is 37.1 Å². The molecular formula is C47H46Cl3F3N10O6S2. The molecule has 10 rings (SSSR count). The highest BCUT2D eigenvalue weighted by molar-refractivity contribution is 7.23. The third-order valence-electron chi connectivity index (χ3n) is 11.9. The number of alkyl halides is 3. The Morgan fingerprint density at radius 2 is 1.14 bits per heavy atom. The highest BCUT2D eigenvalue weighted by Crippen LogP contribution is 2.41. The number of aryl methyl sites for hydroxylation is 1. The largest absolute Gasteiger partial charge is 0.444 e. The van der Waals surface area contributed by atoms with Crippen molar-refractivity contribution in [3.05, 3.63) is 104 Å². The van der Waals surface area contributed by atoms with E-state index >= 15 is 0 Å². The molecule has 0 radical (unpaired) electrons. The fourth-order valence-electron chi connectivity index (χ4n) is 8.13. The first-order chi connectivity index (χ1) is 33.6. The lowest BCUT2D eigenvalue weighted by Crippen LogP contribution is -2.65. The van der Waals surface area contributed by atoms with Crippen LogP contribution in [0.2, 0.25) is 10.0 Å². The van der Waals surface area contributed by atoms with Crippen LogP contribution in [0.5, 0.6) is 0 Å². The topological polar surface area (TPSA) is 166 Å². The third kappa shape index (κ3) is 11.9. The van der Waals surface area contributed by atoms with Crippen molar-refractivity contribution >= 4 is 119 Å². The minimum Gasteiger partial charge on any atom is -0.444 e. The molecule has 24 heteroatoms. The van der Waals surface area contributed by atoms with Gasteiger partial charge in [-0.3, -0.25) is 38.8 Å². The van der Waals surface area contributed by atoms with Gasteiger partial charge in [0.25, 0.3) is 11.1 Å². The molecule has 4 aliphatic heterocycles. The standard InChI is InChI=1S/C21H17ClF3N5O2S.C16H23N5O3.C10H6Cl2OS/c22-17-14-3-2-12(21(23,24)25)8-15(14)33-18(17)19(32)29-9-13(10-29)28-6-7-30(16(31)11-28)20-26-4-1-5-27-20;1-16(2,3)24-15(23)20-9-12(10-20)19-7-8-21(13(22)11-19)14-17-5-4-6-18-14;1-5-2-3-6-7(4-5)14-9(8(6)11)10(12)13/h1-5,8,13H,6-7,9-11H2;4-6,12H,7-11H2,1-3H3;2-4H,1H3. The summed E-state index contributed by atoms with van der Waals surface area (Å²) in [5.41, 5.74) is -0.121. The Hall–Kier alpha value is -5.55. The monoisotopic (exact) mass is 1070 g/mol. The molecule has 0 aliphatic carbocycles. The molecule has 16 nitrogen and oxygen atoms in total. The van der Waals surface area contributed by atoms with E-state index < -0.39 is 22.6 Å². The van der Waals surface area contributed by atoms with Crippen molar-refractivity contribution in [1.29, 1.82) is 0 Å². The van der Waals surface area contributed by atoms with Gasteiger partial charge in [-0.05, 0) is 75.2 Å². The summed E-state index contributed by atoms with van der Waals surface area (Å²) in [5.74, 6) is 0.397. The normalized spacial score (nSPS) is 17.3. The first kappa shape index (κ1) is 51.8. The van der Waals surface area contributed by atoms with Crippen molar-refractivity contribution in [2.45, 2.75) is 51.6 Å². The summed E-state index contributed by atoms with van der Waals surface area (Å²) in [5, 5.41) is 1.47. The van der Waals surface area contributed by atoms with Crippen LogP contribution >= 0.6 is 57.5 Å². The van der Waals surface area contributed by atoms with Crippen molar-refractivity contribution in [2.24, 2.45) is 0 Å². The van der Waals surface area contributed by atoms with E-state index in [1.807, 2.05) is 50.8 Å². The van der Waals surface area contributed by atoms with Crippen LogP contribution in [-0.2, 0) is 20.5 Å². The lowest BCUT2D eigenvalue weighted by Gasteiger charge is -2.47. The first-order valence-electron chi connectivity index (χ1n) is 22.2. The van der Waals surface area contributed by atoms with E-state index in [-0.39, 0.29) is 52.3 Å². The van der Waals surface area contributed by atoms with E-state index in [4.69, 9.17) is 39.5 Å². The zero-order valence-corrected chi connectivity index (χ0v) is 42.6. The van der Waals surface area contributed by atoms with Gasteiger partial charge in [-0.2, -0.15) is 13.2 Å². The highest BCUT2D eigenvalue weighted by atomic mass is 35.5. The minimum absolute atomic E-state index is 0.0110. The van der Waals surface area contributed by atoms with Crippen LogP contribution in [0.25, 0.3) is 20.2 Å². The summed E-state index contributed by atoms with van der Waals surface area (Å²) in [6, 6.07) is 12.8. The lowest BCUT2D eigenvalue weighted by atomic mass is 10.1. The number of hydrogen-bond acceptors (Lipinski definition) is 14. The van der Waals surface area contributed by atoms with E-state index in [1.54, 1.807) is 56.5 Å². The van der Waals surface area contributed by atoms with Crippen LogP contribution in [-0.4, -0.2) is 152 Å². The fourth-order valence-corrected chi connectivity index (χ4v) is 11.4. The second-order valence-corrected chi connectivity index (χ2v) is 21.2.